The van der Waals surface area contributed by atoms with Crippen LogP contribution in [0.1, 0.15) is 47.0 Å². The minimum Gasteiger partial charge on any atom is -0.427 e. The Labute approximate surface area is 165 Å². The van der Waals surface area contributed by atoms with Gasteiger partial charge in [-0.3, -0.25) is 9.59 Å². The van der Waals surface area contributed by atoms with Crippen molar-refractivity contribution in [3.8, 4) is 22.6 Å². The normalized spacial score (nSPS) is 11.9. The van der Waals surface area contributed by atoms with E-state index in [9.17, 15) is 14.0 Å². The number of rotatable bonds is 8. The van der Waals surface area contributed by atoms with Gasteiger partial charge in [-0.25, -0.2) is 4.39 Å². The van der Waals surface area contributed by atoms with E-state index < -0.39 is 17.8 Å². The van der Waals surface area contributed by atoms with Crippen molar-refractivity contribution >= 4 is 11.9 Å². The van der Waals surface area contributed by atoms with Crippen molar-refractivity contribution in [2.24, 2.45) is 11.8 Å². The molecular formula is C23H27FO4. The number of carbonyl (C=O) groups is 2. The van der Waals surface area contributed by atoms with Gasteiger partial charge in [0.15, 0.2) is 11.6 Å². The van der Waals surface area contributed by atoms with Crippen LogP contribution in [0.15, 0.2) is 42.5 Å². The summed E-state index contributed by atoms with van der Waals surface area (Å²) in [5.74, 6) is -0.730. The lowest BCUT2D eigenvalue weighted by molar-refractivity contribution is -0.138. The zero-order chi connectivity index (χ0) is 20.7. The third-order valence-corrected chi connectivity index (χ3v) is 4.41. The molecule has 150 valence electrons. The molecule has 4 nitrogen and oxygen atoms in total. The van der Waals surface area contributed by atoms with E-state index >= 15 is 0 Å². The summed E-state index contributed by atoms with van der Waals surface area (Å²) in [7, 11) is 0. The number of carbonyl (C=O) groups excluding carboxylic acids is 2. The van der Waals surface area contributed by atoms with Crippen LogP contribution >= 0.6 is 0 Å². The van der Waals surface area contributed by atoms with Gasteiger partial charge in [0.2, 0.25) is 0 Å². The number of hydrogen-bond donors (Lipinski definition) is 0. The molecule has 5 heteroatoms. The predicted molar refractivity (Wildman–Crippen MR) is 107 cm³/mol. The minimum atomic E-state index is -0.593. The number of esters is 2. The molecule has 2 aromatic carbocycles. The highest BCUT2D eigenvalue weighted by Gasteiger charge is 2.17. The van der Waals surface area contributed by atoms with E-state index in [1.165, 1.54) is 19.1 Å². The summed E-state index contributed by atoms with van der Waals surface area (Å²) in [6, 6.07) is 11.2. The van der Waals surface area contributed by atoms with Crippen LogP contribution in [0.25, 0.3) is 11.1 Å². The van der Waals surface area contributed by atoms with Crippen LogP contribution in [0.2, 0.25) is 0 Å². The van der Waals surface area contributed by atoms with Gasteiger partial charge in [0.1, 0.15) is 5.75 Å². The summed E-state index contributed by atoms with van der Waals surface area (Å²) in [6.45, 7) is 7.42. The monoisotopic (exact) mass is 386 g/mol. The van der Waals surface area contributed by atoms with E-state index in [0.29, 0.717) is 17.2 Å². The molecule has 0 N–H and O–H groups in total. The first-order valence-corrected chi connectivity index (χ1v) is 9.56. The molecule has 0 heterocycles. The Morgan fingerprint density at radius 1 is 0.929 bits per heavy atom. The van der Waals surface area contributed by atoms with Crippen LogP contribution in [0, 0.1) is 17.7 Å². The van der Waals surface area contributed by atoms with Crippen LogP contribution < -0.4 is 9.47 Å². The first-order valence-electron chi connectivity index (χ1n) is 9.56. The standard InChI is InChI=1S/C23H27FO4/c1-15(2)6-5-7-16(3)23(26)28-22-13-10-19(14-21(22)24)18-8-11-20(12-9-18)27-17(4)25/h8-16H,5-7H2,1-4H3. The average molecular weight is 386 g/mol. The summed E-state index contributed by atoms with van der Waals surface area (Å²) >= 11 is 0. The van der Waals surface area contributed by atoms with Gasteiger partial charge < -0.3 is 9.47 Å². The summed E-state index contributed by atoms with van der Waals surface area (Å²) < 4.78 is 24.7. The van der Waals surface area contributed by atoms with Crippen molar-refractivity contribution in [1.82, 2.24) is 0 Å². The van der Waals surface area contributed by atoms with Crippen LogP contribution in [-0.4, -0.2) is 11.9 Å². The molecule has 1 unspecified atom stereocenters. The number of hydrogen-bond acceptors (Lipinski definition) is 4. The Kier molecular flexibility index (Phi) is 7.73. The fraction of sp³-hybridized carbons (Fsp3) is 0.391. The molecule has 0 spiro atoms. The van der Waals surface area contributed by atoms with Crippen molar-refractivity contribution in [3.05, 3.63) is 48.3 Å². The molecular weight excluding hydrogens is 359 g/mol. The zero-order valence-electron chi connectivity index (χ0n) is 16.8. The van der Waals surface area contributed by atoms with Gasteiger partial charge >= 0.3 is 11.9 Å². The van der Waals surface area contributed by atoms with E-state index in [0.717, 1.165) is 24.8 Å². The fourth-order valence-corrected chi connectivity index (χ4v) is 2.80. The largest absolute Gasteiger partial charge is 0.427 e. The molecule has 0 saturated carbocycles. The maximum absolute atomic E-state index is 14.4. The molecule has 0 aliphatic carbocycles. The lowest BCUT2D eigenvalue weighted by Gasteiger charge is -2.13. The summed E-state index contributed by atoms with van der Waals surface area (Å²) in [5, 5.41) is 0. The van der Waals surface area contributed by atoms with E-state index in [-0.39, 0.29) is 11.7 Å². The quantitative estimate of drug-likeness (QED) is 0.426. The van der Waals surface area contributed by atoms with Gasteiger partial charge in [-0.15, -0.1) is 0 Å². The second-order valence-electron chi connectivity index (χ2n) is 7.41. The highest BCUT2D eigenvalue weighted by Crippen LogP contribution is 2.28. The lowest BCUT2D eigenvalue weighted by Crippen LogP contribution is -2.18. The Morgan fingerprint density at radius 3 is 2.14 bits per heavy atom. The molecule has 0 aliphatic heterocycles. The van der Waals surface area contributed by atoms with Crippen molar-refractivity contribution in [2.75, 3.05) is 0 Å². The summed E-state index contributed by atoms with van der Waals surface area (Å²) in [5.41, 5.74) is 1.39. The molecule has 0 bridgehead atoms. The van der Waals surface area contributed by atoms with Gasteiger partial charge in [0, 0.05) is 6.92 Å². The molecule has 0 fully saturated rings. The Bertz CT molecular complexity index is 812. The molecule has 0 amide bonds. The third-order valence-electron chi connectivity index (χ3n) is 4.41. The molecule has 28 heavy (non-hydrogen) atoms. The first kappa shape index (κ1) is 21.6. The van der Waals surface area contributed by atoms with Gasteiger partial charge in [-0.2, -0.15) is 0 Å². The zero-order valence-corrected chi connectivity index (χ0v) is 16.8. The van der Waals surface area contributed by atoms with E-state index in [1.807, 2.05) is 0 Å². The minimum absolute atomic E-state index is 0.0685. The van der Waals surface area contributed by atoms with Crippen molar-refractivity contribution in [2.45, 2.75) is 47.0 Å². The smallest absolute Gasteiger partial charge is 0.314 e. The van der Waals surface area contributed by atoms with Gasteiger partial charge in [-0.05, 0) is 47.7 Å². The Hall–Kier alpha value is -2.69. The number of halogens is 1. The molecule has 0 aliphatic rings. The van der Waals surface area contributed by atoms with Gasteiger partial charge in [0.05, 0.1) is 5.92 Å². The van der Waals surface area contributed by atoms with Crippen molar-refractivity contribution < 1.29 is 23.5 Å². The molecule has 0 aromatic heterocycles. The van der Waals surface area contributed by atoms with Crippen LogP contribution in [-0.2, 0) is 9.59 Å². The Morgan fingerprint density at radius 2 is 1.57 bits per heavy atom. The molecule has 2 rings (SSSR count). The molecule has 0 saturated heterocycles. The van der Waals surface area contributed by atoms with Crippen molar-refractivity contribution in [1.29, 1.82) is 0 Å². The Balaban J connectivity index is 2.01. The molecule has 0 radical (unpaired) electrons. The topological polar surface area (TPSA) is 52.6 Å². The number of benzene rings is 2. The van der Waals surface area contributed by atoms with E-state index in [4.69, 9.17) is 9.47 Å². The third kappa shape index (κ3) is 6.48. The van der Waals surface area contributed by atoms with Gasteiger partial charge in [0.25, 0.3) is 0 Å². The van der Waals surface area contributed by atoms with Crippen LogP contribution in [0.3, 0.4) is 0 Å². The summed E-state index contributed by atoms with van der Waals surface area (Å²) in [6.07, 6.45) is 2.72. The maximum Gasteiger partial charge on any atom is 0.314 e. The first-order chi connectivity index (χ1) is 13.3. The second-order valence-corrected chi connectivity index (χ2v) is 7.41. The second kappa shape index (κ2) is 10.0. The number of ether oxygens (including phenoxy) is 2. The summed E-state index contributed by atoms with van der Waals surface area (Å²) in [4.78, 5) is 23.2. The fourth-order valence-electron chi connectivity index (χ4n) is 2.80. The maximum atomic E-state index is 14.4. The SMILES string of the molecule is CC(=O)Oc1ccc(-c2ccc(OC(=O)C(C)CCCC(C)C)c(F)c2)cc1. The van der Waals surface area contributed by atoms with E-state index in [1.54, 1.807) is 37.3 Å². The lowest BCUT2D eigenvalue weighted by atomic mass is 10.00. The average Bonchev–Trinajstić information content (AvgIpc) is 2.63. The molecule has 1 atom stereocenters. The highest BCUT2D eigenvalue weighted by atomic mass is 19.1. The van der Waals surface area contributed by atoms with E-state index in [2.05, 4.69) is 13.8 Å². The van der Waals surface area contributed by atoms with Gasteiger partial charge in [-0.1, -0.05) is 51.8 Å². The van der Waals surface area contributed by atoms with Crippen LogP contribution in [0.5, 0.6) is 11.5 Å². The van der Waals surface area contributed by atoms with Crippen LogP contribution in [0.4, 0.5) is 4.39 Å². The molecule has 2 aromatic rings. The van der Waals surface area contributed by atoms with Crippen molar-refractivity contribution in [3.63, 3.8) is 0 Å². The highest BCUT2D eigenvalue weighted by molar-refractivity contribution is 5.75. The predicted octanol–water partition coefficient (Wildman–Crippen LogP) is 5.79.